The number of hydrogen-bond donors (Lipinski definition) is 1. The molecule has 2 N–H and O–H groups in total. The third-order valence-corrected chi connectivity index (χ3v) is 3.02. The van der Waals surface area contributed by atoms with E-state index < -0.39 is 24.8 Å². The Labute approximate surface area is 98.5 Å². The highest BCUT2D eigenvalue weighted by atomic mass is 19.4. The molecule has 7 heteroatoms. The minimum absolute atomic E-state index is 0.269. The van der Waals surface area contributed by atoms with E-state index in [0.717, 1.165) is 0 Å². The van der Waals surface area contributed by atoms with Crippen molar-refractivity contribution in [2.75, 3.05) is 27.2 Å². The van der Waals surface area contributed by atoms with Crippen LogP contribution in [0.25, 0.3) is 0 Å². The summed E-state index contributed by atoms with van der Waals surface area (Å²) < 4.78 is 38.3. The van der Waals surface area contributed by atoms with Crippen LogP contribution in [0.4, 0.5) is 13.2 Å². The van der Waals surface area contributed by atoms with Crippen molar-refractivity contribution in [3.05, 3.63) is 0 Å². The van der Waals surface area contributed by atoms with Gasteiger partial charge in [-0.3, -0.25) is 9.69 Å². The fourth-order valence-electron chi connectivity index (χ4n) is 2.18. The van der Waals surface area contributed by atoms with Gasteiger partial charge in [0.1, 0.15) is 6.04 Å². The van der Waals surface area contributed by atoms with Gasteiger partial charge in [0.25, 0.3) is 0 Å². The summed E-state index contributed by atoms with van der Waals surface area (Å²) in [6.07, 6.45) is -3.33. The van der Waals surface area contributed by atoms with Crippen molar-refractivity contribution < 1.29 is 18.0 Å². The monoisotopic (exact) mass is 253 g/mol. The molecule has 0 aromatic carbocycles. The highest BCUT2D eigenvalue weighted by molar-refractivity contribution is 5.81. The van der Waals surface area contributed by atoms with Gasteiger partial charge in [0.05, 0.1) is 6.04 Å². The summed E-state index contributed by atoms with van der Waals surface area (Å²) in [5.41, 5.74) is 5.19. The van der Waals surface area contributed by atoms with E-state index in [-0.39, 0.29) is 12.5 Å². The van der Waals surface area contributed by atoms with E-state index in [9.17, 15) is 18.0 Å². The number of rotatable bonds is 3. The van der Waals surface area contributed by atoms with Crippen molar-refractivity contribution in [3.8, 4) is 0 Å². The Morgan fingerprint density at radius 1 is 1.53 bits per heavy atom. The number of likely N-dealkylation sites (tertiary alicyclic amines) is 1. The summed E-state index contributed by atoms with van der Waals surface area (Å²) in [5.74, 6) is -0.287. The SMILES string of the molecule is CN(C)C(=O)C1CCCN1C(CN)C(F)(F)F. The molecule has 4 nitrogen and oxygen atoms in total. The number of amides is 1. The fourth-order valence-corrected chi connectivity index (χ4v) is 2.18. The first-order valence-corrected chi connectivity index (χ1v) is 5.52. The average molecular weight is 253 g/mol. The maximum atomic E-state index is 12.8. The van der Waals surface area contributed by atoms with Crippen LogP contribution in [0.1, 0.15) is 12.8 Å². The molecule has 0 aromatic rings. The molecule has 2 atom stereocenters. The molecule has 0 aliphatic carbocycles. The van der Waals surface area contributed by atoms with E-state index in [1.54, 1.807) is 14.1 Å². The zero-order valence-corrected chi connectivity index (χ0v) is 10.00. The third kappa shape index (κ3) is 3.10. The second-order valence-electron chi connectivity index (χ2n) is 4.42. The van der Waals surface area contributed by atoms with Gasteiger partial charge in [0.15, 0.2) is 0 Å². The molecule has 1 rings (SSSR count). The van der Waals surface area contributed by atoms with E-state index >= 15 is 0 Å². The second-order valence-corrected chi connectivity index (χ2v) is 4.42. The smallest absolute Gasteiger partial charge is 0.347 e. The molecule has 1 fully saturated rings. The van der Waals surface area contributed by atoms with Crippen LogP contribution in [0.15, 0.2) is 0 Å². The average Bonchev–Trinajstić information content (AvgIpc) is 2.64. The summed E-state index contributed by atoms with van der Waals surface area (Å²) in [5, 5.41) is 0. The number of alkyl halides is 3. The fraction of sp³-hybridized carbons (Fsp3) is 0.900. The van der Waals surface area contributed by atoms with Crippen LogP contribution in [-0.4, -0.2) is 61.2 Å². The van der Waals surface area contributed by atoms with Crippen LogP contribution in [0, 0.1) is 0 Å². The number of halogens is 3. The van der Waals surface area contributed by atoms with Crippen molar-refractivity contribution in [2.45, 2.75) is 31.1 Å². The zero-order valence-electron chi connectivity index (χ0n) is 10.00. The van der Waals surface area contributed by atoms with Crippen LogP contribution in [0.5, 0.6) is 0 Å². The minimum Gasteiger partial charge on any atom is -0.347 e. The Morgan fingerprint density at radius 3 is 2.53 bits per heavy atom. The first-order valence-electron chi connectivity index (χ1n) is 5.52. The van der Waals surface area contributed by atoms with Crippen LogP contribution in [0.2, 0.25) is 0 Å². The van der Waals surface area contributed by atoms with Gasteiger partial charge in [-0.2, -0.15) is 13.2 Å². The van der Waals surface area contributed by atoms with E-state index in [4.69, 9.17) is 5.73 Å². The molecule has 2 unspecified atom stereocenters. The highest BCUT2D eigenvalue weighted by Crippen LogP contribution is 2.30. The molecule has 0 radical (unpaired) electrons. The van der Waals surface area contributed by atoms with Crippen LogP contribution in [0.3, 0.4) is 0 Å². The quantitative estimate of drug-likeness (QED) is 0.793. The number of likely N-dealkylation sites (N-methyl/N-ethyl adjacent to an activating group) is 1. The van der Waals surface area contributed by atoms with E-state index in [2.05, 4.69) is 0 Å². The molecule has 1 heterocycles. The summed E-state index contributed by atoms with van der Waals surface area (Å²) in [6.45, 7) is -0.244. The number of carbonyl (C=O) groups is 1. The lowest BCUT2D eigenvalue weighted by molar-refractivity contribution is -0.185. The number of nitrogens with two attached hydrogens (primary N) is 1. The summed E-state index contributed by atoms with van der Waals surface area (Å²) in [4.78, 5) is 14.3. The molecule has 1 aliphatic heterocycles. The molecule has 0 saturated carbocycles. The van der Waals surface area contributed by atoms with Gasteiger partial charge in [-0.05, 0) is 19.4 Å². The van der Waals surface area contributed by atoms with Gasteiger partial charge in [-0.25, -0.2) is 0 Å². The first kappa shape index (κ1) is 14.2. The van der Waals surface area contributed by atoms with E-state index in [0.29, 0.717) is 12.8 Å². The maximum absolute atomic E-state index is 12.8. The molecule has 1 saturated heterocycles. The number of hydrogen-bond acceptors (Lipinski definition) is 3. The molecular weight excluding hydrogens is 235 g/mol. The largest absolute Gasteiger partial charge is 0.405 e. The Hall–Kier alpha value is -0.820. The highest BCUT2D eigenvalue weighted by Gasteiger charge is 2.48. The molecule has 17 heavy (non-hydrogen) atoms. The number of carbonyl (C=O) groups excluding carboxylic acids is 1. The van der Waals surface area contributed by atoms with E-state index in [1.165, 1.54) is 9.80 Å². The predicted molar refractivity (Wildman–Crippen MR) is 57.3 cm³/mol. The van der Waals surface area contributed by atoms with Gasteiger partial charge in [-0.1, -0.05) is 0 Å². The molecule has 1 amide bonds. The lowest BCUT2D eigenvalue weighted by Gasteiger charge is -2.33. The molecule has 0 bridgehead atoms. The van der Waals surface area contributed by atoms with E-state index in [1.807, 2.05) is 0 Å². The van der Waals surface area contributed by atoms with Crippen molar-refractivity contribution in [1.29, 1.82) is 0 Å². The Bertz CT molecular complexity index is 280. The summed E-state index contributed by atoms with van der Waals surface area (Å²) in [7, 11) is 3.09. The maximum Gasteiger partial charge on any atom is 0.405 e. The van der Waals surface area contributed by atoms with Crippen molar-refractivity contribution in [2.24, 2.45) is 5.73 Å². The van der Waals surface area contributed by atoms with Crippen LogP contribution in [-0.2, 0) is 4.79 Å². The standard InChI is InChI=1S/C10H18F3N3O/c1-15(2)9(17)7-4-3-5-16(7)8(6-14)10(11,12)13/h7-8H,3-6,14H2,1-2H3. The molecule has 0 spiro atoms. The van der Waals surface area contributed by atoms with Gasteiger partial charge >= 0.3 is 6.18 Å². The second kappa shape index (κ2) is 5.22. The van der Waals surface area contributed by atoms with Crippen LogP contribution < -0.4 is 5.73 Å². The van der Waals surface area contributed by atoms with Gasteiger partial charge in [-0.15, -0.1) is 0 Å². The van der Waals surface area contributed by atoms with Crippen molar-refractivity contribution in [3.63, 3.8) is 0 Å². The van der Waals surface area contributed by atoms with Crippen LogP contribution >= 0.6 is 0 Å². The number of nitrogens with zero attached hydrogens (tertiary/aromatic N) is 2. The Morgan fingerprint density at radius 2 is 2.12 bits per heavy atom. The lowest BCUT2D eigenvalue weighted by atomic mass is 10.1. The molecular formula is C10H18F3N3O. The normalized spacial score (nSPS) is 23.8. The first-order chi connectivity index (χ1) is 7.79. The minimum atomic E-state index is -4.38. The molecule has 0 aromatic heterocycles. The lowest BCUT2D eigenvalue weighted by Crippen LogP contribution is -2.55. The summed E-state index contributed by atoms with van der Waals surface area (Å²) in [6, 6.07) is -2.42. The Kier molecular flexibility index (Phi) is 4.37. The summed E-state index contributed by atoms with van der Waals surface area (Å²) >= 11 is 0. The zero-order chi connectivity index (χ0) is 13.2. The van der Waals surface area contributed by atoms with Gasteiger partial charge in [0, 0.05) is 20.6 Å². The predicted octanol–water partition coefficient (Wildman–Crippen LogP) is 0.429. The van der Waals surface area contributed by atoms with Gasteiger partial charge in [0.2, 0.25) is 5.91 Å². The molecule has 100 valence electrons. The topological polar surface area (TPSA) is 49.6 Å². The van der Waals surface area contributed by atoms with Crippen molar-refractivity contribution in [1.82, 2.24) is 9.80 Å². The third-order valence-electron chi connectivity index (χ3n) is 3.02. The molecule has 1 aliphatic rings. The van der Waals surface area contributed by atoms with Gasteiger partial charge < -0.3 is 10.6 Å². The Balaban J connectivity index is 2.84. The van der Waals surface area contributed by atoms with Crippen molar-refractivity contribution >= 4 is 5.91 Å².